The topological polar surface area (TPSA) is 61.2 Å². The Hall–Kier alpha value is -1.57. The largest absolute Gasteiger partial charge is 0.467 e. The molecule has 0 aromatic carbocycles. The molecule has 0 amide bonds. The van der Waals surface area contributed by atoms with Crippen LogP contribution in [0.5, 0.6) is 0 Å². The molecule has 0 saturated heterocycles. The van der Waals surface area contributed by atoms with Gasteiger partial charge in [-0.1, -0.05) is 25.4 Å². The van der Waals surface area contributed by atoms with Crippen LogP contribution < -0.4 is 5.56 Å². The first kappa shape index (κ1) is 17.5. The summed E-state index contributed by atoms with van der Waals surface area (Å²) >= 11 is 5.53. The van der Waals surface area contributed by atoms with Crippen molar-refractivity contribution < 1.29 is 22.7 Å². The molecule has 0 radical (unpaired) electrons. The Morgan fingerprint density at radius 2 is 2.05 bits per heavy atom. The number of carbonyl (C=O) groups is 1. The van der Waals surface area contributed by atoms with E-state index in [-0.39, 0.29) is 12.3 Å². The van der Waals surface area contributed by atoms with Crippen LogP contribution >= 0.6 is 11.6 Å². The van der Waals surface area contributed by atoms with E-state index in [2.05, 4.69) is 9.84 Å². The highest BCUT2D eigenvalue weighted by Crippen LogP contribution is 2.28. The molecule has 0 aliphatic rings. The monoisotopic (exact) mass is 326 g/mol. The van der Waals surface area contributed by atoms with Crippen LogP contribution in [0.25, 0.3) is 0 Å². The van der Waals surface area contributed by atoms with Crippen molar-refractivity contribution in [1.29, 1.82) is 0 Å². The molecular weight excluding hydrogens is 313 g/mol. The third-order valence-electron chi connectivity index (χ3n) is 2.67. The summed E-state index contributed by atoms with van der Waals surface area (Å²) in [7, 11) is 1.08. The van der Waals surface area contributed by atoms with Crippen molar-refractivity contribution in [3.05, 3.63) is 27.1 Å². The van der Waals surface area contributed by atoms with Crippen LogP contribution in [0.3, 0.4) is 0 Å². The number of alkyl halides is 3. The highest BCUT2D eigenvalue weighted by molar-refractivity contribution is 6.29. The molecular formula is C12H14ClF3N2O3. The zero-order valence-electron chi connectivity index (χ0n) is 11.6. The number of rotatable bonds is 4. The molecule has 0 N–H and O–H groups in total. The van der Waals surface area contributed by atoms with Gasteiger partial charge in [0.15, 0.2) is 11.2 Å². The van der Waals surface area contributed by atoms with E-state index in [4.69, 9.17) is 11.6 Å². The van der Waals surface area contributed by atoms with Crippen LogP contribution in [0.1, 0.15) is 31.9 Å². The van der Waals surface area contributed by atoms with Crippen LogP contribution in [-0.4, -0.2) is 22.9 Å². The second-order valence-electron chi connectivity index (χ2n) is 4.80. The molecule has 1 unspecified atom stereocenters. The number of halogens is 4. The maximum Gasteiger partial charge on any atom is 0.421 e. The van der Waals surface area contributed by atoms with Gasteiger partial charge in [-0.2, -0.15) is 18.3 Å². The Morgan fingerprint density at radius 3 is 2.48 bits per heavy atom. The fourth-order valence-electron chi connectivity index (χ4n) is 1.77. The molecule has 1 aromatic rings. The average Bonchev–Trinajstić information content (AvgIpc) is 2.36. The van der Waals surface area contributed by atoms with Gasteiger partial charge in [0.1, 0.15) is 5.56 Å². The molecule has 21 heavy (non-hydrogen) atoms. The molecule has 0 saturated carbocycles. The number of esters is 1. The summed E-state index contributed by atoms with van der Waals surface area (Å²) in [4.78, 5) is 23.7. The third-order valence-corrected chi connectivity index (χ3v) is 2.86. The van der Waals surface area contributed by atoms with Gasteiger partial charge in [-0.05, 0) is 18.4 Å². The van der Waals surface area contributed by atoms with E-state index in [0.29, 0.717) is 10.7 Å². The summed E-state index contributed by atoms with van der Waals surface area (Å²) in [5.74, 6) is -0.926. The lowest BCUT2D eigenvalue weighted by molar-refractivity contribution is -0.147. The number of ether oxygens (including phenoxy) is 1. The number of hydrogen-bond donors (Lipinski definition) is 0. The summed E-state index contributed by atoms with van der Waals surface area (Å²) in [6, 6.07) is -0.827. The average molecular weight is 327 g/mol. The molecule has 1 aromatic heterocycles. The first-order chi connectivity index (χ1) is 9.57. The minimum absolute atomic E-state index is 0.0730. The Kier molecular flexibility index (Phi) is 5.38. The highest BCUT2D eigenvalue weighted by atomic mass is 35.5. The van der Waals surface area contributed by atoms with E-state index in [1.807, 2.05) is 0 Å². The normalized spacial score (nSPS) is 13.3. The van der Waals surface area contributed by atoms with Gasteiger partial charge in [0.2, 0.25) is 0 Å². The number of carbonyl (C=O) groups excluding carboxylic acids is 1. The van der Waals surface area contributed by atoms with Gasteiger partial charge in [0, 0.05) is 0 Å². The van der Waals surface area contributed by atoms with Crippen LogP contribution in [-0.2, 0) is 15.7 Å². The molecule has 0 bridgehead atoms. The lowest BCUT2D eigenvalue weighted by Gasteiger charge is -2.19. The van der Waals surface area contributed by atoms with Gasteiger partial charge < -0.3 is 4.74 Å². The van der Waals surface area contributed by atoms with Crippen LogP contribution in [0.4, 0.5) is 13.2 Å². The van der Waals surface area contributed by atoms with E-state index in [1.54, 1.807) is 13.8 Å². The van der Waals surface area contributed by atoms with E-state index in [1.165, 1.54) is 0 Å². The first-order valence-corrected chi connectivity index (χ1v) is 6.40. The molecule has 9 heteroatoms. The quantitative estimate of drug-likeness (QED) is 0.798. The second kappa shape index (κ2) is 6.46. The first-order valence-electron chi connectivity index (χ1n) is 6.02. The van der Waals surface area contributed by atoms with Gasteiger partial charge >= 0.3 is 12.1 Å². The maximum absolute atomic E-state index is 12.8. The van der Waals surface area contributed by atoms with Gasteiger partial charge in [-0.25, -0.2) is 9.48 Å². The third kappa shape index (κ3) is 4.20. The fraction of sp³-hybridized carbons (Fsp3) is 0.583. The molecule has 5 nitrogen and oxygen atoms in total. The molecule has 1 atom stereocenters. The summed E-state index contributed by atoms with van der Waals surface area (Å²) in [6.45, 7) is 3.49. The van der Waals surface area contributed by atoms with Crippen molar-refractivity contribution in [2.75, 3.05) is 7.11 Å². The number of nitrogens with zero attached hydrogens (tertiary/aromatic N) is 2. The molecule has 0 aliphatic heterocycles. The van der Waals surface area contributed by atoms with Crippen LogP contribution in [0.2, 0.25) is 5.15 Å². The van der Waals surface area contributed by atoms with Gasteiger partial charge in [-0.3, -0.25) is 4.79 Å². The molecule has 118 valence electrons. The van der Waals surface area contributed by atoms with E-state index >= 15 is 0 Å². The minimum Gasteiger partial charge on any atom is -0.467 e. The van der Waals surface area contributed by atoms with Crippen molar-refractivity contribution in [3.63, 3.8) is 0 Å². The maximum atomic E-state index is 12.8. The van der Waals surface area contributed by atoms with Crippen molar-refractivity contribution >= 4 is 17.6 Å². The van der Waals surface area contributed by atoms with Crippen LogP contribution in [0, 0.1) is 5.92 Å². The fourth-order valence-corrected chi connectivity index (χ4v) is 1.96. The van der Waals surface area contributed by atoms with Crippen molar-refractivity contribution in [2.24, 2.45) is 5.92 Å². The molecule has 1 rings (SSSR count). The smallest absolute Gasteiger partial charge is 0.421 e. The van der Waals surface area contributed by atoms with Gasteiger partial charge in [-0.15, -0.1) is 0 Å². The highest BCUT2D eigenvalue weighted by Gasteiger charge is 2.37. The van der Waals surface area contributed by atoms with Crippen LogP contribution in [0.15, 0.2) is 10.9 Å². The summed E-state index contributed by atoms with van der Waals surface area (Å²) in [6.07, 6.45) is -4.79. The van der Waals surface area contributed by atoms with Gasteiger partial charge in [0.25, 0.3) is 5.56 Å². The Labute approximate surface area is 123 Å². The van der Waals surface area contributed by atoms with E-state index in [9.17, 15) is 22.8 Å². The summed E-state index contributed by atoms with van der Waals surface area (Å²) in [5, 5.41) is 3.01. The number of hydrogen-bond acceptors (Lipinski definition) is 4. The molecule has 1 heterocycles. The van der Waals surface area contributed by atoms with Crippen molar-refractivity contribution in [1.82, 2.24) is 9.78 Å². The SMILES string of the molecule is COC(=O)C(CC(C)C)n1nc(Cl)cc(C(F)(F)F)c1=O. The zero-order chi connectivity index (χ0) is 16.4. The predicted octanol–water partition coefficient (Wildman–Crippen LogP) is 2.68. The van der Waals surface area contributed by atoms with E-state index < -0.39 is 34.5 Å². The van der Waals surface area contributed by atoms with Gasteiger partial charge in [0.05, 0.1) is 7.11 Å². The summed E-state index contributed by atoms with van der Waals surface area (Å²) < 4.78 is 43.4. The summed E-state index contributed by atoms with van der Waals surface area (Å²) in [5.41, 5.74) is -2.90. The zero-order valence-corrected chi connectivity index (χ0v) is 12.3. The number of methoxy groups -OCH3 is 1. The molecule has 0 aliphatic carbocycles. The lowest BCUT2D eigenvalue weighted by Crippen LogP contribution is -2.37. The number of aromatic nitrogens is 2. The second-order valence-corrected chi connectivity index (χ2v) is 5.18. The standard InChI is InChI=1S/C12H14ClF3N2O3/c1-6(2)4-8(11(20)21-3)18-10(19)7(12(14,15)16)5-9(13)17-18/h5-6,8H,4H2,1-3H3. The Bertz CT molecular complexity index is 584. The van der Waals surface area contributed by atoms with Crippen molar-refractivity contribution in [3.8, 4) is 0 Å². The predicted molar refractivity (Wildman–Crippen MR) is 69.0 cm³/mol. The lowest BCUT2D eigenvalue weighted by atomic mass is 10.0. The van der Waals surface area contributed by atoms with E-state index in [0.717, 1.165) is 7.11 Å². The van der Waals surface area contributed by atoms with Crippen molar-refractivity contribution in [2.45, 2.75) is 32.5 Å². The minimum atomic E-state index is -4.89. The molecule has 0 spiro atoms. The Balaban J connectivity index is 3.48. The Morgan fingerprint density at radius 1 is 1.48 bits per heavy atom. The molecule has 0 fully saturated rings.